The number of fused-ring (bicyclic) bond motifs is 6. The molecule has 0 radical (unpaired) electrons. The molecule has 0 bridgehead atoms. The van der Waals surface area contributed by atoms with Gasteiger partial charge in [-0.25, -0.2) is 4.98 Å². The molecule has 234 valence electrons. The number of benzene rings is 7. The van der Waals surface area contributed by atoms with E-state index in [0.717, 1.165) is 60.4 Å². The highest BCUT2D eigenvalue weighted by Crippen LogP contribution is 2.40. The lowest BCUT2D eigenvalue weighted by Gasteiger charge is -2.11. The van der Waals surface area contributed by atoms with Crippen molar-refractivity contribution in [2.75, 3.05) is 0 Å². The van der Waals surface area contributed by atoms with Crippen LogP contribution in [-0.4, -0.2) is 24.1 Å². The third kappa shape index (κ3) is 4.52. The van der Waals surface area contributed by atoms with Crippen LogP contribution in [0.25, 0.3) is 89.2 Å². The highest BCUT2D eigenvalue weighted by atomic mass is 15.2. The van der Waals surface area contributed by atoms with Crippen LogP contribution >= 0.6 is 0 Å². The lowest BCUT2D eigenvalue weighted by Crippen LogP contribution is -2.06. The summed E-state index contributed by atoms with van der Waals surface area (Å²) in [4.78, 5) is 14.6. The molecule has 0 aliphatic heterocycles. The SMILES string of the molecule is [2H]c1c([2H])c([2H])c(-c2nc(-c3ccccc3)nc(-n3c4ccccc4c4cc5c(cc43)c3ccccc3n5-c3cccc(-c4ccccc4)c3)n2)c([2H])c1[2H]. The summed E-state index contributed by atoms with van der Waals surface area (Å²) in [5.41, 5.74) is 7.74. The predicted octanol–water partition coefficient (Wildman–Crippen LogP) is 11.1. The second-order valence-electron chi connectivity index (χ2n) is 12.2. The number of hydrogen-bond acceptors (Lipinski definition) is 3. The molecule has 0 N–H and O–H groups in total. The summed E-state index contributed by atoms with van der Waals surface area (Å²) in [6.07, 6.45) is 0. The van der Waals surface area contributed by atoms with E-state index in [4.69, 9.17) is 21.8 Å². The van der Waals surface area contributed by atoms with Gasteiger partial charge in [-0.15, -0.1) is 0 Å². The van der Waals surface area contributed by atoms with E-state index in [-0.39, 0.29) is 29.4 Å². The van der Waals surface area contributed by atoms with Gasteiger partial charge in [0.15, 0.2) is 11.6 Å². The molecule has 7 aromatic carbocycles. The average molecular weight is 645 g/mol. The average Bonchev–Trinajstić information content (AvgIpc) is 3.74. The van der Waals surface area contributed by atoms with Crippen LogP contribution in [-0.2, 0) is 0 Å². The third-order valence-electron chi connectivity index (χ3n) is 9.26. The molecular formula is C45H29N5. The lowest BCUT2D eigenvalue weighted by atomic mass is 10.1. The second-order valence-corrected chi connectivity index (χ2v) is 12.2. The smallest absolute Gasteiger partial charge is 0.238 e. The monoisotopic (exact) mass is 644 g/mol. The van der Waals surface area contributed by atoms with Crippen LogP contribution in [0.2, 0.25) is 0 Å². The van der Waals surface area contributed by atoms with Crippen molar-refractivity contribution in [3.05, 3.63) is 176 Å². The Morgan fingerprint density at radius 1 is 0.380 bits per heavy atom. The molecule has 0 unspecified atom stereocenters. The number of rotatable bonds is 5. The summed E-state index contributed by atoms with van der Waals surface area (Å²) in [5.74, 6) is 0.567. The molecule has 0 spiro atoms. The molecule has 0 aliphatic rings. The summed E-state index contributed by atoms with van der Waals surface area (Å²) < 4.78 is 46.8. The van der Waals surface area contributed by atoms with Gasteiger partial charge in [-0.2, -0.15) is 9.97 Å². The molecule has 0 amide bonds. The normalized spacial score (nSPS) is 13.0. The Bertz CT molecular complexity index is 3130. The van der Waals surface area contributed by atoms with Crippen molar-refractivity contribution in [3.63, 3.8) is 0 Å². The molecule has 50 heavy (non-hydrogen) atoms. The van der Waals surface area contributed by atoms with Crippen molar-refractivity contribution in [1.82, 2.24) is 24.1 Å². The van der Waals surface area contributed by atoms with Gasteiger partial charge in [0.1, 0.15) is 0 Å². The summed E-state index contributed by atoms with van der Waals surface area (Å²) >= 11 is 0. The third-order valence-corrected chi connectivity index (χ3v) is 9.26. The minimum atomic E-state index is -0.478. The van der Waals surface area contributed by atoms with Crippen LogP contribution in [0.5, 0.6) is 0 Å². The Balaban J connectivity index is 1.28. The Labute approximate surface area is 295 Å². The molecule has 0 atom stereocenters. The van der Waals surface area contributed by atoms with Gasteiger partial charge in [0.05, 0.1) is 28.9 Å². The minimum Gasteiger partial charge on any atom is -0.309 e. The summed E-state index contributed by atoms with van der Waals surface area (Å²) in [5, 5.41) is 4.10. The Hall–Kier alpha value is -6.85. The molecule has 3 heterocycles. The molecule has 0 aliphatic carbocycles. The molecule has 10 rings (SSSR count). The van der Waals surface area contributed by atoms with Crippen LogP contribution in [0.1, 0.15) is 6.85 Å². The molecule has 10 aromatic rings. The van der Waals surface area contributed by atoms with Gasteiger partial charge in [0.2, 0.25) is 5.95 Å². The maximum absolute atomic E-state index is 8.78. The van der Waals surface area contributed by atoms with Gasteiger partial charge >= 0.3 is 0 Å². The first-order valence-corrected chi connectivity index (χ1v) is 16.4. The first-order valence-electron chi connectivity index (χ1n) is 18.9. The molecule has 3 aromatic heterocycles. The van der Waals surface area contributed by atoms with Crippen LogP contribution in [0.3, 0.4) is 0 Å². The highest BCUT2D eigenvalue weighted by Gasteiger charge is 2.21. The molecule has 5 nitrogen and oxygen atoms in total. The summed E-state index contributed by atoms with van der Waals surface area (Å²) in [7, 11) is 0. The number of aromatic nitrogens is 5. The fraction of sp³-hybridized carbons (Fsp3) is 0. The molecule has 0 saturated carbocycles. The first-order chi connectivity index (χ1) is 26.9. The van der Waals surface area contributed by atoms with Gasteiger partial charge in [-0.05, 0) is 47.5 Å². The maximum atomic E-state index is 8.78. The molecule has 0 saturated heterocycles. The second kappa shape index (κ2) is 11.4. The van der Waals surface area contributed by atoms with Gasteiger partial charge in [0.25, 0.3) is 0 Å². The van der Waals surface area contributed by atoms with E-state index in [2.05, 4.69) is 95.6 Å². The zero-order valence-electron chi connectivity index (χ0n) is 31.6. The summed E-state index contributed by atoms with van der Waals surface area (Å²) in [6, 6.07) is 47.1. The lowest BCUT2D eigenvalue weighted by molar-refractivity contribution is 0.954. The van der Waals surface area contributed by atoms with Crippen LogP contribution < -0.4 is 0 Å². The van der Waals surface area contributed by atoms with Crippen LogP contribution in [0, 0.1) is 0 Å². The quantitative estimate of drug-likeness (QED) is 0.187. The van der Waals surface area contributed by atoms with E-state index < -0.39 is 18.1 Å². The number of nitrogens with zero attached hydrogens (tertiary/aromatic N) is 5. The highest BCUT2D eigenvalue weighted by molar-refractivity contribution is 6.19. The van der Waals surface area contributed by atoms with Crippen molar-refractivity contribution in [2.45, 2.75) is 0 Å². The van der Waals surface area contributed by atoms with Crippen molar-refractivity contribution in [1.29, 1.82) is 0 Å². The largest absolute Gasteiger partial charge is 0.309 e. The van der Waals surface area contributed by atoms with Gasteiger partial charge in [-0.3, -0.25) is 4.57 Å². The number of para-hydroxylation sites is 2. The van der Waals surface area contributed by atoms with Crippen molar-refractivity contribution < 1.29 is 6.85 Å². The molecule has 5 heteroatoms. The zero-order chi connectivity index (χ0) is 37.4. The van der Waals surface area contributed by atoms with E-state index >= 15 is 0 Å². The van der Waals surface area contributed by atoms with Gasteiger partial charge in [-0.1, -0.05) is 139 Å². The van der Waals surface area contributed by atoms with Crippen molar-refractivity contribution in [3.8, 4) is 45.5 Å². The topological polar surface area (TPSA) is 48.5 Å². The van der Waals surface area contributed by atoms with Gasteiger partial charge < -0.3 is 4.57 Å². The van der Waals surface area contributed by atoms with Crippen LogP contribution in [0.4, 0.5) is 0 Å². The van der Waals surface area contributed by atoms with E-state index in [9.17, 15) is 0 Å². The number of hydrogen-bond donors (Lipinski definition) is 0. The van der Waals surface area contributed by atoms with Crippen molar-refractivity contribution in [2.24, 2.45) is 0 Å². The maximum Gasteiger partial charge on any atom is 0.238 e. The van der Waals surface area contributed by atoms with Crippen LogP contribution in [0.15, 0.2) is 176 Å². The standard InChI is InChI=1S/C45H29N5/c1-4-15-30(16-5-1)33-21-14-22-34(27-33)49-39-25-12-10-23-35(39)37-29-42-38(28-41(37)49)36-24-11-13-26-40(36)50(42)45-47-43(31-17-6-2-7-18-31)46-44(48-45)32-19-8-3-9-20-32/h1-29H/i2D,6D,7D,17D,18D. The minimum absolute atomic E-state index is 0.0113. The van der Waals surface area contributed by atoms with Gasteiger partial charge in [0, 0.05) is 38.4 Å². The fourth-order valence-corrected chi connectivity index (χ4v) is 7.03. The summed E-state index contributed by atoms with van der Waals surface area (Å²) in [6.45, 7) is 0. The van der Waals surface area contributed by atoms with E-state index in [1.165, 1.54) is 0 Å². The van der Waals surface area contributed by atoms with E-state index in [0.29, 0.717) is 11.4 Å². The van der Waals surface area contributed by atoms with Crippen molar-refractivity contribution >= 4 is 43.6 Å². The van der Waals surface area contributed by atoms with E-state index in [1.54, 1.807) is 0 Å². The molecular weight excluding hydrogens is 611 g/mol. The van der Waals surface area contributed by atoms with E-state index in [1.807, 2.05) is 59.2 Å². The molecule has 0 fully saturated rings. The predicted molar refractivity (Wildman–Crippen MR) is 205 cm³/mol. The first kappa shape index (κ1) is 23.5. The fourth-order valence-electron chi connectivity index (χ4n) is 7.03. The Kier molecular flexibility index (Phi) is 5.35. The Morgan fingerprint density at radius 2 is 0.920 bits per heavy atom. The zero-order valence-corrected chi connectivity index (χ0v) is 26.6. The Morgan fingerprint density at radius 3 is 1.60 bits per heavy atom.